The molecule has 1 amide bonds. The van der Waals surface area contributed by atoms with Crippen molar-refractivity contribution in [1.82, 2.24) is 9.80 Å². The second kappa shape index (κ2) is 6.49. The molecule has 4 rings (SSSR count). The van der Waals surface area contributed by atoms with Crippen LogP contribution in [0.2, 0.25) is 0 Å². The van der Waals surface area contributed by atoms with Gasteiger partial charge in [-0.15, -0.1) is 0 Å². The van der Waals surface area contributed by atoms with E-state index < -0.39 is 0 Å². The van der Waals surface area contributed by atoms with Crippen molar-refractivity contribution in [3.63, 3.8) is 0 Å². The minimum atomic E-state index is -0.189. The Morgan fingerprint density at radius 1 is 1.04 bits per heavy atom. The number of rotatable bonds is 2. The lowest BCUT2D eigenvalue weighted by atomic mass is 9.98. The first-order valence-electron chi connectivity index (χ1n) is 8.69. The van der Waals surface area contributed by atoms with Crippen molar-refractivity contribution in [2.24, 2.45) is 0 Å². The normalized spacial score (nSPS) is 28.3. The van der Waals surface area contributed by atoms with E-state index in [1.807, 2.05) is 11.0 Å². The Kier molecular flexibility index (Phi) is 4.23. The van der Waals surface area contributed by atoms with Gasteiger partial charge in [0.15, 0.2) is 0 Å². The second-order valence-electron chi connectivity index (χ2n) is 6.55. The molecular formula is C18H24N2O3. The van der Waals surface area contributed by atoms with E-state index in [1.165, 1.54) is 5.56 Å². The van der Waals surface area contributed by atoms with E-state index in [2.05, 4.69) is 23.1 Å². The first kappa shape index (κ1) is 15.0. The third-order valence-electron chi connectivity index (χ3n) is 5.20. The number of ether oxygens (including phenoxy) is 2. The molecule has 0 radical (unpaired) electrons. The lowest BCUT2D eigenvalue weighted by Gasteiger charge is -2.41. The highest BCUT2D eigenvalue weighted by molar-refractivity contribution is 5.81. The van der Waals surface area contributed by atoms with Gasteiger partial charge in [-0.3, -0.25) is 9.69 Å². The summed E-state index contributed by atoms with van der Waals surface area (Å²) in [7, 11) is 0. The predicted molar refractivity (Wildman–Crippen MR) is 86.4 cm³/mol. The Morgan fingerprint density at radius 3 is 2.65 bits per heavy atom. The smallest absolute Gasteiger partial charge is 0.251 e. The van der Waals surface area contributed by atoms with E-state index in [9.17, 15) is 4.79 Å². The molecule has 3 heterocycles. The average molecular weight is 316 g/mol. The van der Waals surface area contributed by atoms with Crippen LogP contribution in [-0.2, 0) is 9.53 Å². The van der Waals surface area contributed by atoms with Gasteiger partial charge in [-0.1, -0.05) is 18.2 Å². The summed E-state index contributed by atoms with van der Waals surface area (Å²) in [4.78, 5) is 16.9. The summed E-state index contributed by atoms with van der Waals surface area (Å²) in [6.07, 6.45) is 2.73. The van der Waals surface area contributed by atoms with Gasteiger partial charge in [0.1, 0.15) is 11.9 Å². The number of hydrogen-bond donors (Lipinski definition) is 0. The van der Waals surface area contributed by atoms with Crippen LogP contribution in [0.5, 0.6) is 5.75 Å². The summed E-state index contributed by atoms with van der Waals surface area (Å²) in [5, 5.41) is 0. The van der Waals surface area contributed by atoms with E-state index in [-0.39, 0.29) is 12.0 Å². The molecule has 0 spiro atoms. The van der Waals surface area contributed by atoms with Crippen LogP contribution in [0.15, 0.2) is 24.3 Å². The van der Waals surface area contributed by atoms with Crippen molar-refractivity contribution in [3.8, 4) is 5.75 Å². The fourth-order valence-electron chi connectivity index (χ4n) is 3.93. The molecule has 124 valence electrons. The van der Waals surface area contributed by atoms with Crippen molar-refractivity contribution < 1.29 is 14.3 Å². The van der Waals surface area contributed by atoms with Gasteiger partial charge < -0.3 is 14.4 Å². The highest BCUT2D eigenvalue weighted by Gasteiger charge is 2.33. The highest BCUT2D eigenvalue weighted by Crippen LogP contribution is 2.36. The summed E-state index contributed by atoms with van der Waals surface area (Å²) in [5.41, 5.74) is 1.29. The number of carbonyl (C=O) groups is 1. The first-order chi connectivity index (χ1) is 11.3. The number of amides is 1. The van der Waals surface area contributed by atoms with Gasteiger partial charge in [-0.2, -0.15) is 0 Å². The minimum absolute atomic E-state index is 0.189. The van der Waals surface area contributed by atoms with E-state index in [1.54, 1.807) is 0 Å². The molecular weight excluding hydrogens is 292 g/mol. The Hall–Kier alpha value is -1.59. The zero-order valence-corrected chi connectivity index (χ0v) is 13.4. The third kappa shape index (κ3) is 2.95. The number of piperazine rings is 1. The summed E-state index contributed by atoms with van der Waals surface area (Å²) >= 11 is 0. The van der Waals surface area contributed by atoms with E-state index in [4.69, 9.17) is 9.47 Å². The summed E-state index contributed by atoms with van der Waals surface area (Å²) < 4.78 is 11.3. The predicted octanol–water partition coefficient (Wildman–Crippen LogP) is 1.83. The van der Waals surface area contributed by atoms with Crippen molar-refractivity contribution >= 4 is 5.91 Å². The largest absolute Gasteiger partial charge is 0.493 e. The van der Waals surface area contributed by atoms with Crippen LogP contribution in [0, 0.1) is 0 Å². The van der Waals surface area contributed by atoms with Crippen molar-refractivity contribution in [2.45, 2.75) is 31.4 Å². The number of carbonyl (C=O) groups excluding carboxylic acids is 1. The van der Waals surface area contributed by atoms with E-state index in [0.717, 1.165) is 64.4 Å². The molecule has 1 aromatic carbocycles. The lowest BCUT2D eigenvalue weighted by molar-refractivity contribution is -0.143. The molecule has 0 N–H and O–H groups in total. The summed E-state index contributed by atoms with van der Waals surface area (Å²) in [6.45, 7) is 4.97. The molecule has 3 aliphatic heterocycles. The maximum absolute atomic E-state index is 12.4. The Labute approximate surface area is 137 Å². The zero-order valence-electron chi connectivity index (χ0n) is 13.4. The molecule has 1 aromatic rings. The number of para-hydroxylation sites is 1. The average Bonchev–Trinajstić information content (AvgIpc) is 3.15. The minimum Gasteiger partial charge on any atom is -0.493 e. The van der Waals surface area contributed by atoms with Crippen molar-refractivity contribution in [3.05, 3.63) is 29.8 Å². The number of benzene rings is 1. The van der Waals surface area contributed by atoms with Gasteiger partial charge in [0.25, 0.3) is 5.91 Å². The molecule has 2 atom stereocenters. The molecule has 0 aliphatic carbocycles. The fraction of sp³-hybridized carbons (Fsp3) is 0.611. The van der Waals surface area contributed by atoms with Crippen LogP contribution in [0.25, 0.3) is 0 Å². The molecule has 0 saturated carbocycles. The molecule has 2 saturated heterocycles. The van der Waals surface area contributed by atoms with E-state index in [0.29, 0.717) is 6.04 Å². The maximum Gasteiger partial charge on any atom is 0.251 e. The molecule has 0 aromatic heterocycles. The second-order valence-corrected chi connectivity index (χ2v) is 6.55. The van der Waals surface area contributed by atoms with Crippen molar-refractivity contribution in [2.75, 3.05) is 39.4 Å². The SMILES string of the molecule is O=C(C1CCCO1)N1CCN(C2CCOc3ccccc32)CC1. The lowest BCUT2D eigenvalue weighted by Crippen LogP contribution is -2.52. The van der Waals surface area contributed by atoms with Crippen LogP contribution in [0.3, 0.4) is 0 Å². The monoisotopic (exact) mass is 316 g/mol. The van der Waals surface area contributed by atoms with Crippen LogP contribution >= 0.6 is 0 Å². The van der Waals surface area contributed by atoms with Gasteiger partial charge in [0.05, 0.1) is 6.61 Å². The molecule has 3 aliphatic rings. The highest BCUT2D eigenvalue weighted by atomic mass is 16.5. The van der Waals surface area contributed by atoms with Gasteiger partial charge >= 0.3 is 0 Å². The molecule has 0 bridgehead atoms. The topological polar surface area (TPSA) is 42.0 Å². The van der Waals surface area contributed by atoms with E-state index >= 15 is 0 Å². The van der Waals surface area contributed by atoms with Gasteiger partial charge in [0, 0.05) is 50.8 Å². The molecule has 23 heavy (non-hydrogen) atoms. The quantitative estimate of drug-likeness (QED) is 0.835. The number of hydrogen-bond acceptors (Lipinski definition) is 4. The third-order valence-corrected chi connectivity index (χ3v) is 5.20. The standard InChI is InChI=1S/C18H24N2O3/c21-18(17-6-3-12-22-17)20-10-8-19(9-11-20)15-7-13-23-16-5-2-1-4-14(15)16/h1-2,4-5,15,17H,3,6-13H2. The first-order valence-corrected chi connectivity index (χ1v) is 8.69. The molecule has 2 fully saturated rings. The van der Waals surface area contributed by atoms with Crippen LogP contribution < -0.4 is 4.74 Å². The zero-order chi connectivity index (χ0) is 15.6. The fourth-order valence-corrected chi connectivity index (χ4v) is 3.93. The Balaban J connectivity index is 1.39. The van der Waals surface area contributed by atoms with Gasteiger partial charge in [0.2, 0.25) is 0 Å². The number of nitrogens with zero attached hydrogens (tertiary/aromatic N) is 2. The molecule has 5 nitrogen and oxygen atoms in total. The molecule has 5 heteroatoms. The Bertz CT molecular complexity index is 563. The Morgan fingerprint density at radius 2 is 1.87 bits per heavy atom. The van der Waals surface area contributed by atoms with Crippen molar-refractivity contribution in [1.29, 1.82) is 0 Å². The van der Waals surface area contributed by atoms with Crippen LogP contribution in [0.1, 0.15) is 30.9 Å². The summed E-state index contributed by atoms with van der Waals surface area (Å²) in [5.74, 6) is 1.20. The number of fused-ring (bicyclic) bond motifs is 1. The van der Waals surface area contributed by atoms with Crippen LogP contribution in [-0.4, -0.2) is 61.2 Å². The van der Waals surface area contributed by atoms with Gasteiger partial charge in [-0.25, -0.2) is 0 Å². The van der Waals surface area contributed by atoms with Crippen LogP contribution in [0.4, 0.5) is 0 Å². The summed E-state index contributed by atoms with van der Waals surface area (Å²) in [6, 6.07) is 8.75. The maximum atomic E-state index is 12.4. The molecule has 2 unspecified atom stereocenters. The van der Waals surface area contributed by atoms with Gasteiger partial charge in [-0.05, 0) is 18.9 Å².